The van der Waals surface area contributed by atoms with Gasteiger partial charge >= 0.3 is 0 Å². The van der Waals surface area contributed by atoms with E-state index in [0.717, 1.165) is 26.0 Å². The van der Waals surface area contributed by atoms with Crippen LogP contribution in [0.15, 0.2) is 0 Å². The van der Waals surface area contributed by atoms with E-state index < -0.39 is 0 Å². The minimum Gasteiger partial charge on any atom is -0.371 e. The average Bonchev–Trinajstić information content (AvgIpc) is 2.94. The molecule has 1 aliphatic rings. The van der Waals surface area contributed by atoms with Crippen LogP contribution in [0.4, 0.5) is 0 Å². The topological polar surface area (TPSA) is 34.1 Å². The van der Waals surface area contributed by atoms with E-state index in [0.29, 0.717) is 0 Å². The summed E-state index contributed by atoms with van der Waals surface area (Å²) in [6.45, 7) is 10.6. The maximum atomic E-state index is 5.72. The summed E-state index contributed by atoms with van der Waals surface area (Å²) in [6, 6.07) is 0. The normalized spacial score (nSPS) is 20.6. The van der Waals surface area contributed by atoms with Gasteiger partial charge in [-0.2, -0.15) is 0 Å². The monoisotopic (exact) mass is 268 g/mol. The highest BCUT2D eigenvalue weighted by Crippen LogP contribution is 2.33. The molecule has 0 radical (unpaired) electrons. The number of rotatable bonds is 4. The summed E-state index contributed by atoms with van der Waals surface area (Å²) in [5, 5.41) is 4.72. The zero-order chi connectivity index (χ0) is 13.2. The van der Waals surface area contributed by atoms with Crippen molar-refractivity contribution in [1.82, 2.24) is 10.3 Å². The van der Waals surface area contributed by atoms with E-state index >= 15 is 0 Å². The quantitative estimate of drug-likeness (QED) is 0.908. The Morgan fingerprint density at radius 1 is 1.44 bits per heavy atom. The molecule has 1 N–H and O–H groups in total. The van der Waals surface area contributed by atoms with Crippen molar-refractivity contribution < 1.29 is 4.74 Å². The Balaban J connectivity index is 2.08. The van der Waals surface area contributed by atoms with Crippen LogP contribution in [0, 0.1) is 0 Å². The first-order valence-electron chi connectivity index (χ1n) is 6.84. The van der Waals surface area contributed by atoms with Gasteiger partial charge in [-0.05, 0) is 40.0 Å². The Morgan fingerprint density at radius 3 is 2.78 bits per heavy atom. The maximum absolute atomic E-state index is 5.72. The van der Waals surface area contributed by atoms with Crippen molar-refractivity contribution in [2.75, 3.05) is 6.61 Å². The molecule has 0 aromatic carbocycles. The van der Waals surface area contributed by atoms with Crippen LogP contribution in [0.25, 0.3) is 0 Å². The number of nitrogens with one attached hydrogen (secondary N) is 1. The third kappa shape index (κ3) is 3.53. The second-order valence-corrected chi connectivity index (χ2v) is 7.00. The summed E-state index contributed by atoms with van der Waals surface area (Å²) in [7, 11) is 0. The SMILES string of the molecule is CCc1nc(C2CCCO2)sc1CNC(C)(C)C. The third-order valence-electron chi connectivity index (χ3n) is 3.11. The van der Waals surface area contributed by atoms with E-state index in [2.05, 4.69) is 33.0 Å². The minimum atomic E-state index is 0.152. The van der Waals surface area contributed by atoms with Gasteiger partial charge in [0.2, 0.25) is 0 Å². The molecule has 2 rings (SSSR count). The van der Waals surface area contributed by atoms with Gasteiger partial charge in [0.25, 0.3) is 0 Å². The number of ether oxygens (including phenoxy) is 1. The molecule has 102 valence electrons. The fourth-order valence-electron chi connectivity index (χ4n) is 2.07. The lowest BCUT2D eigenvalue weighted by Gasteiger charge is -2.20. The molecular formula is C14H24N2OS. The molecule has 0 amide bonds. The van der Waals surface area contributed by atoms with Gasteiger partial charge in [0, 0.05) is 23.6 Å². The standard InChI is InChI=1S/C14H24N2OS/c1-5-10-12(9-15-14(2,3)4)18-13(16-10)11-7-6-8-17-11/h11,15H,5-9H2,1-4H3. The van der Waals surface area contributed by atoms with Crippen molar-refractivity contribution in [2.45, 2.75) is 65.1 Å². The summed E-state index contributed by atoms with van der Waals surface area (Å²) in [5.74, 6) is 0. The predicted molar refractivity (Wildman–Crippen MR) is 76.0 cm³/mol. The molecule has 1 aliphatic heterocycles. The van der Waals surface area contributed by atoms with Crippen molar-refractivity contribution in [3.8, 4) is 0 Å². The Morgan fingerprint density at radius 2 is 2.22 bits per heavy atom. The molecule has 0 aliphatic carbocycles. The van der Waals surface area contributed by atoms with Gasteiger partial charge in [-0.1, -0.05) is 6.92 Å². The zero-order valence-electron chi connectivity index (χ0n) is 11.9. The Bertz CT molecular complexity index is 389. The van der Waals surface area contributed by atoms with Crippen molar-refractivity contribution in [2.24, 2.45) is 0 Å². The summed E-state index contributed by atoms with van der Waals surface area (Å²) in [5.41, 5.74) is 1.39. The first-order chi connectivity index (χ1) is 8.49. The Hall–Kier alpha value is -0.450. The van der Waals surface area contributed by atoms with Gasteiger partial charge in [-0.15, -0.1) is 11.3 Å². The maximum Gasteiger partial charge on any atom is 0.122 e. The molecule has 2 heterocycles. The van der Waals surface area contributed by atoms with Gasteiger partial charge in [-0.3, -0.25) is 0 Å². The number of hydrogen-bond acceptors (Lipinski definition) is 4. The van der Waals surface area contributed by atoms with E-state index in [1.165, 1.54) is 22.0 Å². The minimum absolute atomic E-state index is 0.152. The number of thiazole rings is 1. The molecule has 1 atom stereocenters. The highest BCUT2D eigenvalue weighted by atomic mass is 32.1. The Kier molecular flexibility index (Phi) is 4.41. The van der Waals surface area contributed by atoms with E-state index in [-0.39, 0.29) is 11.6 Å². The van der Waals surface area contributed by atoms with Gasteiger partial charge in [-0.25, -0.2) is 4.98 Å². The molecule has 1 saturated heterocycles. The second kappa shape index (κ2) is 5.68. The van der Waals surface area contributed by atoms with E-state index in [1.54, 1.807) is 0 Å². The van der Waals surface area contributed by atoms with Crippen LogP contribution in [0.2, 0.25) is 0 Å². The van der Waals surface area contributed by atoms with Crippen LogP contribution in [-0.2, 0) is 17.7 Å². The molecular weight excluding hydrogens is 244 g/mol. The van der Waals surface area contributed by atoms with Crippen molar-refractivity contribution >= 4 is 11.3 Å². The van der Waals surface area contributed by atoms with Gasteiger partial charge in [0.1, 0.15) is 11.1 Å². The number of aromatic nitrogens is 1. The highest BCUT2D eigenvalue weighted by Gasteiger charge is 2.23. The molecule has 3 nitrogen and oxygen atoms in total. The summed E-state index contributed by atoms with van der Waals surface area (Å²) in [6.07, 6.45) is 3.55. The van der Waals surface area contributed by atoms with Crippen LogP contribution in [0.5, 0.6) is 0 Å². The van der Waals surface area contributed by atoms with Crippen molar-refractivity contribution in [3.05, 3.63) is 15.6 Å². The van der Waals surface area contributed by atoms with E-state index in [1.807, 2.05) is 11.3 Å². The number of hydrogen-bond donors (Lipinski definition) is 1. The summed E-state index contributed by atoms with van der Waals surface area (Å²) in [4.78, 5) is 6.14. The smallest absolute Gasteiger partial charge is 0.122 e. The fourth-order valence-corrected chi connectivity index (χ4v) is 3.25. The molecule has 1 unspecified atom stereocenters. The summed E-state index contributed by atoms with van der Waals surface area (Å²) >= 11 is 1.82. The van der Waals surface area contributed by atoms with Gasteiger partial charge < -0.3 is 10.1 Å². The largest absolute Gasteiger partial charge is 0.371 e. The van der Waals surface area contributed by atoms with Crippen LogP contribution >= 0.6 is 11.3 Å². The molecule has 18 heavy (non-hydrogen) atoms. The molecule has 1 aromatic rings. The number of nitrogens with zero attached hydrogens (tertiary/aromatic N) is 1. The number of aryl methyl sites for hydroxylation is 1. The molecule has 0 spiro atoms. The zero-order valence-corrected chi connectivity index (χ0v) is 12.7. The lowest BCUT2D eigenvalue weighted by atomic mass is 10.1. The van der Waals surface area contributed by atoms with Crippen LogP contribution in [0.3, 0.4) is 0 Å². The molecule has 0 saturated carbocycles. The fraction of sp³-hybridized carbons (Fsp3) is 0.786. The van der Waals surface area contributed by atoms with Gasteiger partial charge in [0.05, 0.1) is 5.69 Å². The molecule has 4 heteroatoms. The van der Waals surface area contributed by atoms with Crippen LogP contribution in [-0.4, -0.2) is 17.1 Å². The van der Waals surface area contributed by atoms with Crippen LogP contribution in [0.1, 0.15) is 62.2 Å². The van der Waals surface area contributed by atoms with Crippen molar-refractivity contribution in [1.29, 1.82) is 0 Å². The lowest BCUT2D eigenvalue weighted by Crippen LogP contribution is -2.35. The van der Waals surface area contributed by atoms with E-state index in [9.17, 15) is 0 Å². The average molecular weight is 268 g/mol. The first-order valence-corrected chi connectivity index (χ1v) is 7.66. The van der Waals surface area contributed by atoms with E-state index in [4.69, 9.17) is 9.72 Å². The molecule has 1 fully saturated rings. The first kappa shape index (κ1) is 14.0. The molecule has 0 bridgehead atoms. The highest BCUT2D eigenvalue weighted by molar-refractivity contribution is 7.11. The third-order valence-corrected chi connectivity index (χ3v) is 4.30. The molecule has 1 aromatic heterocycles. The lowest BCUT2D eigenvalue weighted by molar-refractivity contribution is 0.111. The predicted octanol–water partition coefficient (Wildman–Crippen LogP) is 3.45. The van der Waals surface area contributed by atoms with Gasteiger partial charge in [0.15, 0.2) is 0 Å². The Labute approximate surface area is 114 Å². The summed E-state index contributed by atoms with van der Waals surface area (Å²) < 4.78 is 5.72. The second-order valence-electron chi connectivity index (χ2n) is 5.88. The van der Waals surface area contributed by atoms with Crippen LogP contribution < -0.4 is 5.32 Å². The van der Waals surface area contributed by atoms with Crippen molar-refractivity contribution in [3.63, 3.8) is 0 Å².